The van der Waals surface area contributed by atoms with Gasteiger partial charge in [-0.15, -0.1) is 6.58 Å². The lowest BCUT2D eigenvalue weighted by Gasteiger charge is -2.58. The van der Waals surface area contributed by atoms with E-state index in [2.05, 4.69) is 54.0 Å². The summed E-state index contributed by atoms with van der Waals surface area (Å²) in [4.78, 5) is 4.50. The molecule has 3 saturated heterocycles. The first-order valence-electron chi connectivity index (χ1n) is 10.7. The van der Waals surface area contributed by atoms with Gasteiger partial charge in [-0.05, 0) is 23.6 Å². The molecule has 148 valence electrons. The molecule has 3 aromatic rings. The predicted octanol–water partition coefficient (Wildman–Crippen LogP) is 4.88. The zero-order chi connectivity index (χ0) is 19.8. The zero-order valence-corrected chi connectivity index (χ0v) is 16.8. The van der Waals surface area contributed by atoms with Crippen LogP contribution in [0.25, 0.3) is 10.9 Å². The normalized spacial score (nSPS) is 29.6. The second-order valence-electron chi connectivity index (χ2n) is 8.88. The van der Waals surface area contributed by atoms with Crippen molar-refractivity contribution in [1.82, 2.24) is 4.98 Å². The fourth-order valence-electron chi connectivity index (χ4n) is 5.91. The molecule has 2 unspecified atom stereocenters. The third-order valence-corrected chi connectivity index (χ3v) is 7.38. The first-order chi connectivity index (χ1) is 14.2. The van der Waals surface area contributed by atoms with Gasteiger partial charge in [-0.3, -0.25) is 4.98 Å². The number of piperidine rings is 3. The fraction of sp³-hybridized carbons (Fsp3) is 0.346. The number of pyridine rings is 1. The minimum atomic E-state index is -0.486. The summed E-state index contributed by atoms with van der Waals surface area (Å²) >= 11 is 0. The summed E-state index contributed by atoms with van der Waals surface area (Å²) in [7, 11) is 0. The van der Waals surface area contributed by atoms with E-state index in [4.69, 9.17) is 0 Å². The van der Waals surface area contributed by atoms with Gasteiger partial charge in [-0.2, -0.15) is 0 Å². The van der Waals surface area contributed by atoms with E-state index in [0.717, 1.165) is 47.0 Å². The number of quaternary nitrogens is 1. The fourth-order valence-corrected chi connectivity index (χ4v) is 5.91. The van der Waals surface area contributed by atoms with Gasteiger partial charge < -0.3 is 9.59 Å². The molecule has 0 saturated carbocycles. The van der Waals surface area contributed by atoms with E-state index in [-0.39, 0.29) is 6.04 Å². The van der Waals surface area contributed by atoms with Crippen LogP contribution in [0.15, 0.2) is 79.5 Å². The molecular formula is C26H29N2O+. The Kier molecular flexibility index (Phi) is 4.73. The van der Waals surface area contributed by atoms with Crippen molar-refractivity contribution in [3.8, 4) is 0 Å². The Hall–Kier alpha value is -2.49. The molecule has 0 amide bonds. The van der Waals surface area contributed by atoms with Gasteiger partial charge in [0.1, 0.15) is 18.7 Å². The highest BCUT2D eigenvalue weighted by atomic mass is 16.3. The SMILES string of the molecule is C=C[C@H]1C[N+]2(Cc3ccccc3)CCC1C[C@H]2[C@H](O)c1ccnc2ccccc12. The minimum Gasteiger partial charge on any atom is -0.382 e. The third-order valence-electron chi connectivity index (χ3n) is 7.38. The average Bonchev–Trinajstić information content (AvgIpc) is 2.78. The van der Waals surface area contributed by atoms with Crippen LogP contribution in [0.5, 0.6) is 0 Å². The molecule has 0 radical (unpaired) electrons. The van der Waals surface area contributed by atoms with Gasteiger partial charge in [0.25, 0.3) is 0 Å². The first-order valence-corrected chi connectivity index (χ1v) is 10.7. The van der Waals surface area contributed by atoms with Crippen LogP contribution in [-0.4, -0.2) is 33.7 Å². The summed E-state index contributed by atoms with van der Waals surface area (Å²) in [5, 5.41) is 12.8. The second kappa shape index (κ2) is 7.40. The zero-order valence-electron chi connectivity index (χ0n) is 16.8. The number of aliphatic hydroxyl groups excluding tert-OH is 1. The molecule has 3 fully saturated rings. The van der Waals surface area contributed by atoms with Crippen molar-refractivity contribution in [1.29, 1.82) is 0 Å². The molecule has 3 aliphatic rings. The predicted molar refractivity (Wildman–Crippen MR) is 117 cm³/mol. The number of rotatable bonds is 5. The summed E-state index contributed by atoms with van der Waals surface area (Å²) in [6.07, 6.45) is 5.79. The average molecular weight is 386 g/mol. The van der Waals surface area contributed by atoms with Gasteiger partial charge in [0, 0.05) is 35.9 Å². The lowest BCUT2D eigenvalue weighted by atomic mass is 9.71. The van der Waals surface area contributed by atoms with Crippen LogP contribution in [-0.2, 0) is 6.54 Å². The molecular weight excluding hydrogens is 356 g/mol. The van der Waals surface area contributed by atoms with Crippen LogP contribution < -0.4 is 0 Å². The summed E-state index contributed by atoms with van der Waals surface area (Å²) in [5.74, 6) is 1.18. The number of hydrogen-bond donors (Lipinski definition) is 1. The van der Waals surface area contributed by atoms with Gasteiger partial charge >= 0.3 is 0 Å². The van der Waals surface area contributed by atoms with E-state index in [1.165, 1.54) is 12.0 Å². The van der Waals surface area contributed by atoms with Crippen LogP contribution in [0.2, 0.25) is 0 Å². The molecule has 0 aliphatic carbocycles. The molecule has 6 rings (SSSR count). The van der Waals surface area contributed by atoms with Crippen molar-refractivity contribution in [2.45, 2.75) is 31.5 Å². The Morgan fingerprint density at radius 2 is 1.90 bits per heavy atom. The lowest BCUT2D eigenvalue weighted by molar-refractivity contribution is -0.984. The molecule has 1 N–H and O–H groups in total. The van der Waals surface area contributed by atoms with Gasteiger partial charge in [-0.25, -0.2) is 0 Å². The molecule has 2 aromatic carbocycles. The van der Waals surface area contributed by atoms with Crippen molar-refractivity contribution in [2.75, 3.05) is 13.1 Å². The van der Waals surface area contributed by atoms with Crippen LogP contribution >= 0.6 is 0 Å². The minimum absolute atomic E-state index is 0.205. The number of fused-ring (bicyclic) bond motifs is 4. The van der Waals surface area contributed by atoms with Crippen LogP contribution in [0.4, 0.5) is 0 Å². The molecule has 4 heterocycles. The van der Waals surface area contributed by atoms with E-state index >= 15 is 0 Å². The van der Waals surface area contributed by atoms with Crippen molar-refractivity contribution >= 4 is 10.9 Å². The molecule has 5 atom stereocenters. The number of aliphatic hydroxyl groups is 1. The molecule has 1 aromatic heterocycles. The molecule has 0 spiro atoms. The Bertz CT molecular complexity index is 1010. The molecule has 3 aliphatic heterocycles. The van der Waals surface area contributed by atoms with Gasteiger partial charge in [-0.1, -0.05) is 54.6 Å². The van der Waals surface area contributed by atoms with Crippen molar-refractivity contribution in [3.05, 3.63) is 90.6 Å². The molecule has 3 heteroatoms. The summed E-state index contributed by atoms with van der Waals surface area (Å²) in [6, 6.07) is 21.2. The number of benzene rings is 2. The Balaban J connectivity index is 1.56. The Morgan fingerprint density at radius 3 is 2.72 bits per heavy atom. The maximum absolute atomic E-state index is 11.7. The van der Waals surface area contributed by atoms with E-state index in [1.807, 2.05) is 30.5 Å². The largest absolute Gasteiger partial charge is 0.382 e. The molecule has 2 bridgehead atoms. The highest BCUT2D eigenvalue weighted by Crippen LogP contribution is 2.47. The first kappa shape index (κ1) is 18.5. The Labute approximate surface area is 172 Å². The quantitative estimate of drug-likeness (QED) is 0.502. The topological polar surface area (TPSA) is 33.1 Å². The van der Waals surface area contributed by atoms with Gasteiger partial charge in [0.05, 0.1) is 18.6 Å². The number of nitrogens with zero attached hydrogens (tertiary/aromatic N) is 2. The summed E-state index contributed by atoms with van der Waals surface area (Å²) in [6.45, 7) is 7.32. The lowest BCUT2D eigenvalue weighted by Crippen LogP contribution is -2.67. The highest BCUT2D eigenvalue weighted by Gasteiger charge is 2.53. The smallest absolute Gasteiger partial charge is 0.131 e. The summed E-state index contributed by atoms with van der Waals surface area (Å²) < 4.78 is 0.953. The molecule has 3 nitrogen and oxygen atoms in total. The molecule has 29 heavy (non-hydrogen) atoms. The number of hydrogen-bond acceptors (Lipinski definition) is 2. The maximum Gasteiger partial charge on any atom is 0.131 e. The standard InChI is InChI=1S/C26H29N2O/c1-2-20-18-28(17-19-8-4-3-5-9-19)15-13-21(20)16-25(28)26(29)23-12-14-27-24-11-7-6-10-22(23)24/h2-12,14,20-21,25-26,29H,1,13,15-18H2/q+1/t20-,21?,25-,26+,28?/m0/s1. The van der Waals surface area contributed by atoms with Crippen molar-refractivity contribution < 1.29 is 9.59 Å². The maximum atomic E-state index is 11.7. The van der Waals surface area contributed by atoms with Crippen molar-refractivity contribution in [3.63, 3.8) is 0 Å². The van der Waals surface area contributed by atoms with Crippen LogP contribution in [0.1, 0.15) is 30.1 Å². The van der Waals surface area contributed by atoms with E-state index in [9.17, 15) is 5.11 Å². The number of para-hydroxylation sites is 1. The second-order valence-corrected chi connectivity index (χ2v) is 8.88. The summed E-state index contributed by atoms with van der Waals surface area (Å²) in [5.41, 5.74) is 3.33. The van der Waals surface area contributed by atoms with Gasteiger partial charge in [0.2, 0.25) is 0 Å². The Morgan fingerprint density at radius 1 is 1.10 bits per heavy atom. The van der Waals surface area contributed by atoms with Crippen LogP contribution in [0, 0.1) is 11.8 Å². The van der Waals surface area contributed by atoms with E-state index in [1.54, 1.807) is 0 Å². The van der Waals surface area contributed by atoms with Crippen LogP contribution in [0.3, 0.4) is 0 Å². The number of aromatic nitrogens is 1. The third kappa shape index (κ3) is 3.19. The van der Waals surface area contributed by atoms with Crippen molar-refractivity contribution in [2.24, 2.45) is 11.8 Å². The highest BCUT2D eigenvalue weighted by molar-refractivity contribution is 5.82. The van der Waals surface area contributed by atoms with E-state index in [0.29, 0.717) is 11.8 Å². The van der Waals surface area contributed by atoms with Gasteiger partial charge in [0.15, 0.2) is 0 Å². The monoisotopic (exact) mass is 385 g/mol. The van der Waals surface area contributed by atoms with E-state index < -0.39 is 6.10 Å².